The first-order valence-corrected chi connectivity index (χ1v) is 7.79. The lowest BCUT2D eigenvalue weighted by Gasteiger charge is -2.13. The molecule has 0 atom stereocenters. The molecule has 0 unspecified atom stereocenters. The third kappa shape index (κ3) is 3.03. The molecule has 2 N–H and O–H groups in total. The molecule has 18 heavy (non-hydrogen) atoms. The standard InChI is InChI=1S/C12H16ClNO3S/c13-7-10-2-1-3-11(6-10)18(16,17)14-8-12(9-15)4-5-12/h1-3,6,14-15H,4-5,7-9H2. The predicted octanol–water partition coefficient (Wildman–Crippen LogP) is 1.48. The maximum atomic E-state index is 12.1. The normalized spacial score (nSPS) is 17.7. The van der Waals surface area contributed by atoms with E-state index < -0.39 is 10.0 Å². The van der Waals surface area contributed by atoms with Crippen LogP contribution in [0, 0.1) is 5.41 Å². The highest BCUT2D eigenvalue weighted by Gasteiger charge is 2.42. The fourth-order valence-corrected chi connectivity index (χ4v) is 3.09. The van der Waals surface area contributed by atoms with Crippen LogP contribution < -0.4 is 4.72 Å². The van der Waals surface area contributed by atoms with E-state index in [9.17, 15) is 8.42 Å². The van der Waals surface area contributed by atoms with Crippen LogP contribution in [0.15, 0.2) is 29.2 Å². The maximum absolute atomic E-state index is 12.1. The molecule has 0 saturated heterocycles. The average molecular weight is 290 g/mol. The molecule has 2 rings (SSSR count). The smallest absolute Gasteiger partial charge is 0.240 e. The summed E-state index contributed by atoms with van der Waals surface area (Å²) in [5.41, 5.74) is 0.528. The van der Waals surface area contributed by atoms with Gasteiger partial charge < -0.3 is 5.11 Å². The fourth-order valence-electron chi connectivity index (χ4n) is 1.69. The van der Waals surface area contributed by atoms with Crippen molar-refractivity contribution in [2.75, 3.05) is 13.2 Å². The number of nitrogens with one attached hydrogen (secondary N) is 1. The Morgan fingerprint density at radius 2 is 2.11 bits per heavy atom. The highest BCUT2D eigenvalue weighted by atomic mass is 35.5. The van der Waals surface area contributed by atoms with Crippen molar-refractivity contribution < 1.29 is 13.5 Å². The van der Waals surface area contributed by atoms with Crippen LogP contribution in [0.1, 0.15) is 18.4 Å². The topological polar surface area (TPSA) is 66.4 Å². The molecule has 6 heteroatoms. The van der Waals surface area contributed by atoms with Gasteiger partial charge in [-0.1, -0.05) is 12.1 Å². The van der Waals surface area contributed by atoms with Crippen molar-refractivity contribution in [3.05, 3.63) is 29.8 Å². The summed E-state index contributed by atoms with van der Waals surface area (Å²) in [5, 5.41) is 9.15. The first-order valence-electron chi connectivity index (χ1n) is 5.77. The second-order valence-corrected chi connectivity index (χ2v) is 6.80. The zero-order valence-corrected chi connectivity index (χ0v) is 11.5. The molecular weight excluding hydrogens is 274 g/mol. The summed E-state index contributed by atoms with van der Waals surface area (Å²) in [5.74, 6) is 0.282. The van der Waals surface area contributed by atoms with Gasteiger partial charge in [0, 0.05) is 24.4 Å². The van der Waals surface area contributed by atoms with E-state index >= 15 is 0 Å². The highest BCUT2D eigenvalue weighted by Crippen LogP contribution is 2.44. The van der Waals surface area contributed by atoms with Gasteiger partial charge in [-0.15, -0.1) is 11.6 Å². The van der Waals surface area contributed by atoms with Gasteiger partial charge in [-0.3, -0.25) is 0 Å². The van der Waals surface area contributed by atoms with Crippen LogP contribution in [0.5, 0.6) is 0 Å². The average Bonchev–Trinajstić information content (AvgIpc) is 3.17. The largest absolute Gasteiger partial charge is 0.396 e. The first kappa shape index (κ1) is 13.8. The summed E-state index contributed by atoms with van der Waals surface area (Å²) < 4.78 is 26.7. The van der Waals surface area contributed by atoms with Crippen molar-refractivity contribution in [2.24, 2.45) is 5.41 Å². The van der Waals surface area contributed by atoms with Gasteiger partial charge in [-0.25, -0.2) is 13.1 Å². The Kier molecular flexibility index (Phi) is 3.96. The number of aliphatic hydroxyl groups is 1. The molecule has 1 saturated carbocycles. The third-order valence-corrected chi connectivity index (χ3v) is 5.00. The summed E-state index contributed by atoms with van der Waals surface area (Å²) in [6, 6.07) is 6.55. The monoisotopic (exact) mass is 289 g/mol. The van der Waals surface area contributed by atoms with E-state index in [0.29, 0.717) is 0 Å². The third-order valence-electron chi connectivity index (χ3n) is 3.29. The van der Waals surface area contributed by atoms with Crippen molar-refractivity contribution in [2.45, 2.75) is 23.6 Å². The number of benzene rings is 1. The number of halogens is 1. The minimum atomic E-state index is -3.52. The van der Waals surface area contributed by atoms with Gasteiger partial charge in [0.1, 0.15) is 0 Å². The van der Waals surface area contributed by atoms with E-state index in [2.05, 4.69) is 4.72 Å². The highest BCUT2D eigenvalue weighted by molar-refractivity contribution is 7.89. The number of rotatable bonds is 6. The molecule has 0 radical (unpaired) electrons. The summed E-state index contributed by atoms with van der Waals surface area (Å²) in [7, 11) is -3.52. The summed E-state index contributed by atoms with van der Waals surface area (Å²) >= 11 is 5.68. The molecule has 1 aromatic carbocycles. The number of aliphatic hydroxyl groups excluding tert-OH is 1. The van der Waals surface area contributed by atoms with E-state index in [4.69, 9.17) is 16.7 Å². The number of hydrogen-bond donors (Lipinski definition) is 2. The molecule has 1 fully saturated rings. The molecule has 1 aromatic rings. The molecule has 0 heterocycles. The van der Waals surface area contributed by atoms with E-state index in [1.165, 1.54) is 6.07 Å². The van der Waals surface area contributed by atoms with Crippen molar-refractivity contribution >= 4 is 21.6 Å². The van der Waals surface area contributed by atoms with Crippen LogP contribution in [0.25, 0.3) is 0 Å². The van der Waals surface area contributed by atoms with Gasteiger partial charge in [0.15, 0.2) is 0 Å². The Bertz CT molecular complexity index is 526. The van der Waals surface area contributed by atoms with Gasteiger partial charge in [0.2, 0.25) is 10.0 Å². The summed E-state index contributed by atoms with van der Waals surface area (Å²) in [4.78, 5) is 0.217. The van der Waals surface area contributed by atoms with E-state index in [1.54, 1.807) is 18.2 Å². The van der Waals surface area contributed by atoms with Crippen LogP contribution >= 0.6 is 11.6 Å². The minimum absolute atomic E-state index is 0.0250. The van der Waals surface area contributed by atoms with Gasteiger partial charge in [0.05, 0.1) is 4.90 Å². The van der Waals surface area contributed by atoms with Gasteiger partial charge in [-0.2, -0.15) is 0 Å². The number of sulfonamides is 1. The maximum Gasteiger partial charge on any atom is 0.240 e. The lowest BCUT2D eigenvalue weighted by molar-refractivity contribution is 0.213. The van der Waals surface area contributed by atoms with Gasteiger partial charge in [-0.05, 0) is 30.5 Å². The van der Waals surface area contributed by atoms with Crippen LogP contribution in [0.2, 0.25) is 0 Å². The molecule has 100 valence electrons. The van der Waals surface area contributed by atoms with Crippen LogP contribution in [-0.2, 0) is 15.9 Å². The Morgan fingerprint density at radius 3 is 2.67 bits per heavy atom. The minimum Gasteiger partial charge on any atom is -0.396 e. The van der Waals surface area contributed by atoms with Crippen molar-refractivity contribution in [1.82, 2.24) is 4.72 Å². The Morgan fingerprint density at radius 1 is 1.39 bits per heavy atom. The Balaban J connectivity index is 2.10. The molecular formula is C12H16ClNO3S. The lowest BCUT2D eigenvalue weighted by Crippen LogP contribution is -2.31. The molecule has 0 aromatic heterocycles. The Labute approximate surface area is 112 Å². The molecule has 4 nitrogen and oxygen atoms in total. The summed E-state index contributed by atoms with van der Waals surface area (Å²) in [6.45, 7) is 0.314. The predicted molar refractivity (Wildman–Crippen MR) is 69.9 cm³/mol. The number of hydrogen-bond acceptors (Lipinski definition) is 3. The zero-order valence-electron chi connectivity index (χ0n) is 9.89. The molecule has 0 spiro atoms. The Hall–Kier alpha value is -0.620. The first-order chi connectivity index (χ1) is 8.51. The lowest BCUT2D eigenvalue weighted by atomic mass is 10.1. The number of alkyl halides is 1. The quantitative estimate of drug-likeness (QED) is 0.780. The fraction of sp³-hybridized carbons (Fsp3) is 0.500. The molecule has 1 aliphatic carbocycles. The van der Waals surface area contributed by atoms with E-state index in [-0.39, 0.29) is 29.3 Å². The second kappa shape index (κ2) is 5.17. The van der Waals surface area contributed by atoms with Crippen molar-refractivity contribution in [1.29, 1.82) is 0 Å². The van der Waals surface area contributed by atoms with Crippen molar-refractivity contribution in [3.63, 3.8) is 0 Å². The van der Waals surface area contributed by atoms with E-state index in [0.717, 1.165) is 18.4 Å². The van der Waals surface area contributed by atoms with Gasteiger partial charge in [0.25, 0.3) is 0 Å². The van der Waals surface area contributed by atoms with E-state index in [1.807, 2.05) is 0 Å². The molecule has 0 bridgehead atoms. The summed E-state index contributed by atoms with van der Waals surface area (Å²) in [6.07, 6.45) is 1.74. The van der Waals surface area contributed by atoms with Gasteiger partial charge >= 0.3 is 0 Å². The molecule has 1 aliphatic rings. The zero-order chi connectivity index (χ0) is 13.2. The van der Waals surface area contributed by atoms with Crippen LogP contribution in [0.4, 0.5) is 0 Å². The second-order valence-electron chi connectivity index (χ2n) is 4.76. The van der Waals surface area contributed by atoms with Crippen LogP contribution in [0.3, 0.4) is 0 Å². The SMILES string of the molecule is O=S(=O)(NCC1(CO)CC1)c1cccc(CCl)c1. The van der Waals surface area contributed by atoms with Crippen molar-refractivity contribution in [3.8, 4) is 0 Å². The van der Waals surface area contributed by atoms with Crippen LogP contribution in [-0.4, -0.2) is 26.7 Å². The molecule has 0 aliphatic heterocycles. The molecule has 0 amide bonds.